The van der Waals surface area contributed by atoms with Crippen LogP contribution in [0, 0.1) is 0 Å². The second-order valence-corrected chi connectivity index (χ2v) is 16.4. The summed E-state index contributed by atoms with van der Waals surface area (Å²) in [6.45, 7) is 4.79. The average Bonchev–Trinajstić information content (AvgIpc) is 3.78. The molecular formula is C56H38N4. The molecule has 60 heavy (non-hydrogen) atoms. The molecule has 282 valence electrons. The Morgan fingerprint density at radius 3 is 1.65 bits per heavy atom. The van der Waals surface area contributed by atoms with Crippen LogP contribution in [0.15, 0.2) is 194 Å². The van der Waals surface area contributed by atoms with Crippen LogP contribution in [0.1, 0.15) is 25.0 Å². The predicted octanol–water partition coefficient (Wildman–Crippen LogP) is 14.2. The molecule has 1 aliphatic carbocycles. The van der Waals surface area contributed by atoms with E-state index in [1.54, 1.807) is 0 Å². The van der Waals surface area contributed by atoms with Gasteiger partial charge in [0.2, 0.25) is 0 Å². The van der Waals surface area contributed by atoms with Gasteiger partial charge in [0, 0.05) is 38.6 Å². The summed E-state index contributed by atoms with van der Waals surface area (Å²) in [5.41, 5.74) is 13.9. The molecule has 0 radical (unpaired) electrons. The highest BCUT2D eigenvalue weighted by Crippen LogP contribution is 2.56. The fourth-order valence-electron chi connectivity index (χ4n) is 9.76. The molecule has 0 bridgehead atoms. The Labute approximate surface area is 348 Å². The summed E-state index contributed by atoms with van der Waals surface area (Å²) in [6, 6.07) is 69.5. The molecule has 0 spiro atoms. The Morgan fingerprint density at radius 2 is 0.950 bits per heavy atom. The van der Waals surface area contributed by atoms with Gasteiger partial charge in [-0.25, -0.2) is 15.0 Å². The van der Waals surface area contributed by atoms with Crippen LogP contribution in [0.25, 0.3) is 105 Å². The van der Waals surface area contributed by atoms with Crippen LogP contribution in [-0.4, -0.2) is 19.5 Å². The van der Waals surface area contributed by atoms with E-state index in [1.165, 1.54) is 76.7 Å². The molecule has 1 aliphatic rings. The summed E-state index contributed by atoms with van der Waals surface area (Å²) in [5, 5.41) is 7.57. The van der Waals surface area contributed by atoms with E-state index in [1.807, 2.05) is 60.7 Å². The number of hydrogen-bond donors (Lipinski definition) is 0. The van der Waals surface area contributed by atoms with Crippen molar-refractivity contribution in [2.45, 2.75) is 19.3 Å². The van der Waals surface area contributed by atoms with E-state index in [4.69, 9.17) is 15.0 Å². The molecule has 0 fully saturated rings. The summed E-state index contributed by atoms with van der Waals surface area (Å²) in [4.78, 5) is 15.0. The largest absolute Gasteiger partial charge is 0.309 e. The maximum Gasteiger partial charge on any atom is 0.164 e. The average molecular weight is 767 g/mol. The lowest BCUT2D eigenvalue weighted by atomic mass is 9.80. The lowest BCUT2D eigenvalue weighted by Gasteiger charge is -2.24. The molecule has 11 aromatic rings. The van der Waals surface area contributed by atoms with Crippen LogP contribution in [0.2, 0.25) is 0 Å². The molecular weight excluding hydrogens is 729 g/mol. The van der Waals surface area contributed by atoms with E-state index in [9.17, 15) is 0 Å². The van der Waals surface area contributed by atoms with Crippen molar-refractivity contribution in [1.82, 2.24) is 19.5 Å². The van der Waals surface area contributed by atoms with E-state index in [0.717, 1.165) is 22.4 Å². The molecule has 0 saturated carbocycles. The summed E-state index contributed by atoms with van der Waals surface area (Å²) in [5.74, 6) is 1.94. The van der Waals surface area contributed by atoms with E-state index < -0.39 is 0 Å². The van der Waals surface area contributed by atoms with E-state index in [-0.39, 0.29) is 5.41 Å². The Bertz CT molecular complexity index is 3430. The van der Waals surface area contributed by atoms with Gasteiger partial charge in [0.25, 0.3) is 0 Å². The van der Waals surface area contributed by atoms with Crippen molar-refractivity contribution in [3.8, 4) is 62.1 Å². The molecule has 0 aliphatic heterocycles. The lowest BCUT2D eigenvalue weighted by molar-refractivity contribution is 0.664. The first kappa shape index (κ1) is 34.4. The molecule has 0 N–H and O–H groups in total. The number of hydrogen-bond acceptors (Lipinski definition) is 3. The Kier molecular flexibility index (Phi) is 7.54. The molecule has 9 aromatic carbocycles. The summed E-state index contributed by atoms with van der Waals surface area (Å²) in [7, 11) is 0. The van der Waals surface area contributed by atoms with Gasteiger partial charge in [-0.15, -0.1) is 0 Å². The van der Waals surface area contributed by atoms with Crippen molar-refractivity contribution in [2.24, 2.45) is 0 Å². The quantitative estimate of drug-likeness (QED) is 0.175. The predicted molar refractivity (Wildman–Crippen MR) is 248 cm³/mol. The highest BCUT2D eigenvalue weighted by Gasteiger charge is 2.40. The molecule has 0 amide bonds. The number of nitrogens with zero attached hydrogens (tertiary/aromatic N) is 4. The van der Waals surface area contributed by atoms with Gasteiger partial charge in [-0.2, -0.15) is 0 Å². The minimum absolute atomic E-state index is 0.242. The monoisotopic (exact) mass is 766 g/mol. The van der Waals surface area contributed by atoms with Gasteiger partial charge in [-0.05, 0) is 97.4 Å². The smallest absolute Gasteiger partial charge is 0.164 e. The first-order valence-electron chi connectivity index (χ1n) is 20.6. The third kappa shape index (κ3) is 5.20. The first-order valence-corrected chi connectivity index (χ1v) is 20.6. The van der Waals surface area contributed by atoms with E-state index in [0.29, 0.717) is 17.5 Å². The summed E-state index contributed by atoms with van der Waals surface area (Å²) < 4.78 is 2.51. The van der Waals surface area contributed by atoms with Gasteiger partial charge in [-0.1, -0.05) is 166 Å². The van der Waals surface area contributed by atoms with Crippen LogP contribution in [0.4, 0.5) is 0 Å². The van der Waals surface area contributed by atoms with Gasteiger partial charge >= 0.3 is 0 Å². The van der Waals surface area contributed by atoms with Gasteiger partial charge < -0.3 is 4.57 Å². The normalized spacial score (nSPS) is 13.0. The van der Waals surface area contributed by atoms with Crippen LogP contribution in [0.5, 0.6) is 0 Å². The van der Waals surface area contributed by atoms with Crippen molar-refractivity contribution in [2.75, 3.05) is 0 Å². The van der Waals surface area contributed by atoms with Crippen LogP contribution in [-0.2, 0) is 5.41 Å². The second kappa shape index (κ2) is 13.2. The number of rotatable bonds is 5. The topological polar surface area (TPSA) is 43.6 Å². The van der Waals surface area contributed by atoms with E-state index in [2.05, 4.69) is 152 Å². The zero-order chi connectivity index (χ0) is 40.0. The minimum atomic E-state index is -0.242. The maximum absolute atomic E-state index is 5.04. The first-order chi connectivity index (χ1) is 29.5. The van der Waals surface area contributed by atoms with Crippen molar-refractivity contribution >= 4 is 43.4 Å². The molecule has 0 saturated heterocycles. The Hall–Kier alpha value is -7.69. The SMILES string of the molecule is CC1(C)c2ccccc2-c2c1c1c(c3ccccc23)c2cc(-c3ccc4ccccc4c3)ccc2n1-c1ccc(-c2nc(-c3ccccc3)nc(-c3ccccc3)n2)cc1. The Morgan fingerprint density at radius 1 is 0.417 bits per heavy atom. The van der Waals surface area contributed by atoms with Crippen molar-refractivity contribution in [3.63, 3.8) is 0 Å². The van der Waals surface area contributed by atoms with Gasteiger partial charge in [-0.3, -0.25) is 0 Å². The van der Waals surface area contributed by atoms with Gasteiger partial charge in [0.1, 0.15) is 0 Å². The van der Waals surface area contributed by atoms with Crippen LogP contribution >= 0.6 is 0 Å². The fraction of sp³-hybridized carbons (Fsp3) is 0.0536. The third-order valence-corrected chi connectivity index (χ3v) is 12.6. The second-order valence-electron chi connectivity index (χ2n) is 16.4. The molecule has 0 unspecified atom stereocenters. The maximum atomic E-state index is 5.04. The van der Waals surface area contributed by atoms with Crippen molar-refractivity contribution < 1.29 is 0 Å². The zero-order valence-corrected chi connectivity index (χ0v) is 33.3. The minimum Gasteiger partial charge on any atom is -0.309 e. The standard InChI is InChI=1S/C56H38N4/c1-56(2)47-24-14-13-23-45(47)49-43-21-11-12-22-44(43)50-46-34-41(40-26-25-35-15-9-10-20-39(35)33-40)29-32-48(46)60(52(50)51(49)56)42-30-27-38(28-31-42)55-58-53(36-16-5-3-6-17-36)57-54(59-55)37-18-7-4-8-19-37/h3-34H,1-2H3. The van der Waals surface area contributed by atoms with Gasteiger partial charge in [0.05, 0.1) is 11.0 Å². The number of aromatic nitrogens is 4. The third-order valence-electron chi connectivity index (χ3n) is 12.6. The van der Waals surface area contributed by atoms with E-state index >= 15 is 0 Å². The Balaban J connectivity index is 1.11. The van der Waals surface area contributed by atoms with Gasteiger partial charge in [0.15, 0.2) is 17.5 Å². The van der Waals surface area contributed by atoms with Crippen LogP contribution < -0.4 is 0 Å². The van der Waals surface area contributed by atoms with Crippen molar-refractivity contribution in [1.29, 1.82) is 0 Å². The fourth-order valence-corrected chi connectivity index (χ4v) is 9.76. The highest BCUT2D eigenvalue weighted by molar-refractivity contribution is 6.27. The molecule has 2 heterocycles. The highest BCUT2D eigenvalue weighted by atomic mass is 15.0. The number of fused-ring (bicyclic) bond motifs is 11. The molecule has 4 nitrogen and oxygen atoms in total. The molecule has 0 atom stereocenters. The molecule has 4 heteroatoms. The summed E-state index contributed by atoms with van der Waals surface area (Å²) in [6.07, 6.45) is 0. The number of benzene rings is 9. The van der Waals surface area contributed by atoms with Crippen molar-refractivity contribution in [3.05, 3.63) is 205 Å². The lowest BCUT2D eigenvalue weighted by Crippen LogP contribution is -2.16. The molecule has 2 aromatic heterocycles. The summed E-state index contributed by atoms with van der Waals surface area (Å²) >= 11 is 0. The zero-order valence-electron chi connectivity index (χ0n) is 33.3. The molecule has 12 rings (SSSR count). The van der Waals surface area contributed by atoms with Crippen LogP contribution in [0.3, 0.4) is 0 Å².